The minimum absolute atomic E-state index is 0.0259. The first kappa shape index (κ1) is 54.7. The number of carbonyl (C=O) groups excluding carboxylic acids is 4. The summed E-state index contributed by atoms with van der Waals surface area (Å²) in [5.41, 5.74) is 1.44. The fraction of sp³-hybridized carbons (Fsp3) is 0.544. The van der Waals surface area contributed by atoms with Gasteiger partial charge in [-0.15, -0.1) is 0 Å². The summed E-state index contributed by atoms with van der Waals surface area (Å²) in [7, 11) is 0. The third-order valence-corrected chi connectivity index (χ3v) is 15.9. The summed E-state index contributed by atoms with van der Waals surface area (Å²) < 4.78 is 33.6. The quantitative estimate of drug-likeness (QED) is 0.0756. The lowest BCUT2D eigenvalue weighted by Gasteiger charge is -2.33. The molecule has 0 saturated carbocycles. The molecule has 4 amide bonds. The highest BCUT2D eigenvalue weighted by Gasteiger charge is 2.46. The Morgan fingerprint density at radius 2 is 1.26 bits per heavy atom. The number of anilines is 5. The zero-order valence-corrected chi connectivity index (χ0v) is 47.9. The Morgan fingerprint density at radius 1 is 0.738 bits per heavy atom. The van der Waals surface area contributed by atoms with Gasteiger partial charge in [0.25, 0.3) is 22.0 Å². The Labute approximate surface area is 469 Å². The number of hydrogen-bond donors (Lipinski definition) is 3. The van der Waals surface area contributed by atoms with Crippen LogP contribution in [0.5, 0.6) is 11.8 Å². The molecule has 80 heavy (non-hydrogen) atoms. The Balaban J connectivity index is 0.904. The number of urea groups is 1. The van der Waals surface area contributed by atoms with Crippen LogP contribution in [-0.4, -0.2) is 159 Å². The number of carbonyl (C=O) groups is 4. The molecule has 3 N–H and O–H groups in total. The predicted octanol–water partition coefficient (Wildman–Crippen LogP) is 6.93. The molecular weight excluding hydrogens is 1040 g/mol. The molecule has 22 nitrogen and oxygen atoms in total. The maximum absolute atomic E-state index is 15.3. The van der Waals surface area contributed by atoms with Crippen LogP contribution in [-0.2, 0) is 25.5 Å². The average Bonchev–Trinajstić information content (AvgIpc) is 3.95. The SMILES string of the molecule is CCNC(=O)Nc1ccc(-c2nc(N3CC4CCC(C3)O4)nc3c2C(=O)N(CCC(=O)OC(C)(C)C)CC(C)(C[n+]2nc(Nc4ccc(-c5nc(N6CC7CCC(C6)O7)nc6c5C(=O)N(CC)CC(C)(C)O6)cc4)sc2C)O3)cc1. The van der Waals surface area contributed by atoms with Gasteiger partial charge < -0.3 is 59.2 Å². The van der Waals surface area contributed by atoms with Crippen molar-refractivity contribution in [3.8, 4) is 34.3 Å². The summed E-state index contributed by atoms with van der Waals surface area (Å²) in [6, 6.07) is 14.5. The molecule has 5 aromatic rings. The van der Waals surface area contributed by atoms with E-state index in [0.717, 1.165) is 41.9 Å². The van der Waals surface area contributed by atoms with Crippen molar-refractivity contribution in [3.05, 3.63) is 64.7 Å². The van der Waals surface area contributed by atoms with Crippen molar-refractivity contribution in [1.82, 2.24) is 40.2 Å². The zero-order valence-electron chi connectivity index (χ0n) is 47.1. The number of aryl methyl sites for hydroxylation is 1. The van der Waals surface area contributed by atoms with E-state index in [-0.39, 0.29) is 79.7 Å². The fourth-order valence-corrected chi connectivity index (χ4v) is 12.3. The number of aromatic nitrogens is 6. The van der Waals surface area contributed by atoms with E-state index in [2.05, 4.69) is 25.8 Å². The van der Waals surface area contributed by atoms with Crippen LogP contribution in [0, 0.1) is 6.92 Å². The molecule has 2 aromatic carbocycles. The molecular formula is C57H72N13O9S+. The van der Waals surface area contributed by atoms with Gasteiger partial charge in [0.15, 0.2) is 5.60 Å². The number of fused-ring (bicyclic) bond motifs is 6. The third-order valence-electron chi connectivity index (χ3n) is 15.1. The minimum atomic E-state index is -1.15. The molecule has 3 aromatic heterocycles. The molecule has 4 saturated heterocycles. The van der Waals surface area contributed by atoms with E-state index in [1.54, 1.807) is 21.9 Å². The number of morpholine rings is 2. The second kappa shape index (κ2) is 21.7. The predicted molar refractivity (Wildman–Crippen MR) is 300 cm³/mol. The highest BCUT2D eigenvalue weighted by Crippen LogP contribution is 2.41. The summed E-state index contributed by atoms with van der Waals surface area (Å²) in [4.78, 5) is 83.3. The summed E-state index contributed by atoms with van der Waals surface area (Å²) in [6.45, 7) is 21.2. The van der Waals surface area contributed by atoms with E-state index in [1.165, 1.54) is 11.3 Å². The van der Waals surface area contributed by atoms with Gasteiger partial charge in [0.2, 0.25) is 30.2 Å². The number of rotatable bonds is 14. The number of likely N-dealkylation sites (N-methyl/N-ethyl adjacent to an activating group) is 1. The van der Waals surface area contributed by atoms with E-state index < -0.39 is 28.7 Å². The first-order chi connectivity index (χ1) is 38.2. The summed E-state index contributed by atoms with van der Waals surface area (Å²) >= 11 is 1.46. The van der Waals surface area contributed by atoms with E-state index in [9.17, 15) is 14.4 Å². The van der Waals surface area contributed by atoms with Crippen LogP contribution in [0.4, 0.5) is 33.2 Å². The van der Waals surface area contributed by atoms with Crippen molar-refractivity contribution >= 4 is 63.6 Å². The molecule has 0 spiro atoms. The summed E-state index contributed by atoms with van der Waals surface area (Å²) in [5, 5.41) is 15.6. The molecule has 4 bridgehead atoms. The van der Waals surface area contributed by atoms with Gasteiger partial charge in [-0.3, -0.25) is 14.4 Å². The Bertz CT molecular complexity index is 3160. The average molecular weight is 1120 g/mol. The zero-order chi connectivity index (χ0) is 56.3. The summed E-state index contributed by atoms with van der Waals surface area (Å²) in [6.07, 6.45) is 4.05. The van der Waals surface area contributed by atoms with Crippen molar-refractivity contribution in [1.29, 1.82) is 0 Å². The molecule has 6 aliphatic heterocycles. The number of ether oxygens (including phenoxy) is 5. The minimum Gasteiger partial charge on any atom is -0.469 e. The van der Waals surface area contributed by atoms with Crippen LogP contribution in [0.15, 0.2) is 48.5 Å². The lowest BCUT2D eigenvalue weighted by molar-refractivity contribution is -0.762. The van der Waals surface area contributed by atoms with Crippen molar-refractivity contribution in [3.63, 3.8) is 0 Å². The molecule has 0 aliphatic carbocycles. The molecule has 4 fully saturated rings. The number of hydrogen-bond acceptors (Lipinski definition) is 18. The van der Waals surface area contributed by atoms with Gasteiger partial charge in [0.05, 0.1) is 55.3 Å². The highest BCUT2D eigenvalue weighted by atomic mass is 32.1. The first-order valence-corrected chi connectivity index (χ1v) is 28.7. The second-order valence-electron chi connectivity index (χ2n) is 23.5. The van der Waals surface area contributed by atoms with Crippen LogP contribution in [0.25, 0.3) is 22.5 Å². The van der Waals surface area contributed by atoms with Gasteiger partial charge in [0, 0.05) is 80.3 Å². The maximum Gasteiger partial charge on any atom is 0.319 e. The van der Waals surface area contributed by atoms with Crippen molar-refractivity contribution < 1.29 is 47.5 Å². The maximum atomic E-state index is 15.3. The van der Waals surface area contributed by atoms with Gasteiger partial charge >= 0.3 is 12.0 Å². The molecule has 9 heterocycles. The monoisotopic (exact) mass is 1110 g/mol. The third kappa shape index (κ3) is 11.8. The van der Waals surface area contributed by atoms with E-state index >= 15 is 4.79 Å². The Morgan fingerprint density at radius 3 is 1.79 bits per heavy atom. The van der Waals surface area contributed by atoms with Crippen LogP contribution in [0.3, 0.4) is 0 Å². The van der Waals surface area contributed by atoms with Crippen molar-refractivity contribution in [2.45, 2.75) is 142 Å². The van der Waals surface area contributed by atoms with E-state index in [1.807, 2.05) is 103 Å². The molecule has 424 valence electrons. The van der Waals surface area contributed by atoms with Crippen LogP contribution < -0.4 is 39.9 Å². The van der Waals surface area contributed by atoms with E-state index in [0.29, 0.717) is 91.0 Å². The highest BCUT2D eigenvalue weighted by molar-refractivity contribution is 7.14. The van der Waals surface area contributed by atoms with Crippen molar-refractivity contribution in [2.75, 3.05) is 79.3 Å². The lowest BCUT2D eigenvalue weighted by atomic mass is 10.0. The second-order valence-corrected chi connectivity index (χ2v) is 24.7. The van der Waals surface area contributed by atoms with Gasteiger partial charge in [-0.2, -0.15) is 9.97 Å². The van der Waals surface area contributed by atoms with Gasteiger partial charge in [-0.25, -0.2) is 14.8 Å². The first-order valence-electron chi connectivity index (χ1n) is 27.9. The molecule has 11 rings (SSSR count). The topological polar surface area (TPSA) is 232 Å². The number of amides is 4. The van der Waals surface area contributed by atoms with Crippen LogP contribution >= 0.6 is 11.3 Å². The number of esters is 1. The number of nitrogens with one attached hydrogen (secondary N) is 3. The lowest BCUT2D eigenvalue weighted by Crippen LogP contribution is -2.56. The van der Waals surface area contributed by atoms with Gasteiger partial charge in [-0.1, -0.05) is 28.9 Å². The molecule has 6 aliphatic rings. The largest absolute Gasteiger partial charge is 0.469 e. The summed E-state index contributed by atoms with van der Waals surface area (Å²) in [5.74, 6) is 0.276. The number of benzene rings is 2. The molecule has 0 radical (unpaired) electrons. The molecule has 5 atom stereocenters. The number of nitrogens with zero attached hydrogens (tertiary/aromatic N) is 10. The Kier molecular flexibility index (Phi) is 14.8. The van der Waals surface area contributed by atoms with Crippen LogP contribution in [0.1, 0.15) is 113 Å². The van der Waals surface area contributed by atoms with Gasteiger partial charge in [-0.05, 0) is 117 Å². The molecule has 5 unspecified atom stereocenters. The fourth-order valence-electron chi connectivity index (χ4n) is 11.5. The Hall–Kier alpha value is -7.24. The smallest absolute Gasteiger partial charge is 0.319 e. The van der Waals surface area contributed by atoms with Crippen molar-refractivity contribution in [2.24, 2.45) is 0 Å². The molecule has 23 heteroatoms. The van der Waals surface area contributed by atoms with Crippen LogP contribution in [0.2, 0.25) is 0 Å². The standard InChI is InChI=1S/C57H71N13O9S/c1-10-58-53(74)59-36-16-12-34(13-17-36)46-44-48(64-52(62-46)69-28-40-22-23-41(29-69)76-40)79-57(9,31-67(50(44)73)25-24-42(71)77-55(4,5)6)32-70-33(3)80-54(65-70)60-37-18-14-35(15-19-37)45-43-47(78-56(7,8)30-66(11-2)49(43)72)63-51(61-45)68-26-38-20-21-39(27-68)75-38/h12-19,38-41H,10-11,20-32H2,1-9H3,(H2-,58,59,60,61,62,63,64,65,72,73,74)/p+1. The normalized spacial score (nSPS) is 23.1. The van der Waals surface area contributed by atoms with E-state index in [4.69, 9.17) is 48.7 Å². The van der Waals surface area contributed by atoms with Gasteiger partial charge in [0.1, 0.15) is 22.3 Å².